The van der Waals surface area contributed by atoms with Crippen LogP contribution in [0, 0.1) is 5.92 Å². The van der Waals surface area contributed by atoms with E-state index < -0.39 is 20.0 Å². The highest BCUT2D eigenvalue weighted by Crippen LogP contribution is 2.26. The van der Waals surface area contributed by atoms with E-state index in [1.54, 1.807) is 0 Å². The quantitative estimate of drug-likeness (QED) is 0.824. The standard InChI is InChI=1S/C18H28N2O4S2/c1-15-5-7-16(8-6-15)19-25(21,22)17-9-11-18(12-10-17)26(23,24)20-13-3-2-4-14-20/h9-12,15-16,19H,2-8,13-14H2,1H3. The number of hydrogen-bond donors (Lipinski definition) is 1. The summed E-state index contributed by atoms with van der Waals surface area (Å²) < 4.78 is 54.7. The second-order valence-corrected chi connectivity index (χ2v) is 11.2. The van der Waals surface area contributed by atoms with Crippen molar-refractivity contribution in [3.63, 3.8) is 0 Å². The van der Waals surface area contributed by atoms with Gasteiger partial charge < -0.3 is 0 Å². The molecule has 6 nitrogen and oxygen atoms in total. The summed E-state index contributed by atoms with van der Waals surface area (Å²) in [6, 6.07) is 5.56. The van der Waals surface area contributed by atoms with Gasteiger partial charge in [0.1, 0.15) is 0 Å². The molecular weight excluding hydrogens is 372 g/mol. The monoisotopic (exact) mass is 400 g/mol. The minimum absolute atomic E-state index is 0.0343. The maximum absolute atomic E-state index is 12.7. The fourth-order valence-electron chi connectivity index (χ4n) is 3.71. The largest absolute Gasteiger partial charge is 0.243 e. The molecular formula is C18H28N2O4S2. The number of rotatable bonds is 5. The zero-order valence-corrected chi connectivity index (χ0v) is 16.9. The zero-order valence-electron chi connectivity index (χ0n) is 15.2. The summed E-state index contributed by atoms with van der Waals surface area (Å²) in [5.74, 6) is 0.648. The molecule has 0 amide bonds. The highest BCUT2D eigenvalue weighted by molar-refractivity contribution is 7.89. The van der Waals surface area contributed by atoms with E-state index in [4.69, 9.17) is 0 Å². The van der Waals surface area contributed by atoms with Gasteiger partial charge in [-0.1, -0.05) is 13.3 Å². The van der Waals surface area contributed by atoms with Crippen LogP contribution in [0.1, 0.15) is 51.9 Å². The maximum Gasteiger partial charge on any atom is 0.243 e. The first-order chi connectivity index (χ1) is 12.3. The van der Waals surface area contributed by atoms with Crippen LogP contribution >= 0.6 is 0 Å². The van der Waals surface area contributed by atoms with Gasteiger partial charge in [-0.25, -0.2) is 21.6 Å². The van der Waals surface area contributed by atoms with Gasteiger partial charge in [0.25, 0.3) is 0 Å². The molecule has 8 heteroatoms. The van der Waals surface area contributed by atoms with Crippen molar-refractivity contribution in [3.05, 3.63) is 24.3 Å². The Bertz CT molecular complexity index is 805. The van der Waals surface area contributed by atoms with E-state index in [0.717, 1.165) is 44.9 Å². The molecule has 0 bridgehead atoms. The van der Waals surface area contributed by atoms with Gasteiger partial charge in [-0.3, -0.25) is 0 Å². The van der Waals surface area contributed by atoms with E-state index in [1.165, 1.54) is 28.6 Å². The second kappa shape index (κ2) is 7.96. The number of nitrogens with one attached hydrogen (secondary N) is 1. The fraction of sp³-hybridized carbons (Fsp3) is 0.667. The van der Waals surface area contributed by atoms with Crippen molar-refractivity contribution in [2.75, 3.05) is 13.1 Å². The van der Waals surface area contributed by atoms with Gasteiger partial charge in [0.15, 0.2) is 0 Å². The third kappa shape index (κ3) is 4.47. The van der Waals surface area contributed by atoms with Crippen LogP contribution in [-0.4, -0.2) is 40.3 Å². The van der Waals surface area contributed by atoms with Crippen LogP contribution in [0.5, 0.6) is 0 Å². The third-order valence-corrected chi connectivity index (χ3v) is 8.87. The Morgan fingerprint density at radius 1 is 0.846 bits per heavy atom. The Morgan fingerprint density at radius 2 is 1.38 bits per heavy atom. The van der Waals surface area contributed by atoms with Crippen molar-refractivity contribution < 1.29 is 16.8 Å². The van der Waals surface area contributed by atoms with Crippen LogP contribution in [0.3, 0.4) is 0 Å². The van der Waals surface area contributed by atoms with Crippen LogP contribution in [-0.2, 0) is 20.0 Å². The van der Waals surface area contributed by atoms with Crippen molar-refractivity contribution >= 4 is 20.0 Å². The molecule has 3 rings (SSSR count). The number of sulfonamides is 2. The van der Waals surface area contributed by atoms with E-state index >= 15 is 0 Å². The van der Waals surface area contributed by atoms with E-state index in [-0.39, 0.29) is 15.8 Å². The van der Waals surface area contributed by atoms with E-state index in [9.17, 15) is 16.8 Å². The topological polar surface area (TPSA) is 83.5 Å². The molecule has 1 aliphatic heterocycles. The summed E-state index contributed by atoms with van der Waals surface area (Å²) in [5, 5.41) is 0. The minimum atomic E-state index is -3.62. The molecule has 0 atom stereocenters. The lowest BCUT2D eigenvalue weighted by Crippen LogP contribution is -2.37. The van der Waals surface area contributed by atoms with Gasteiger partial charge in [-0.2, -0.15) is 4.31 Å². The third-order valence-electron chi connectivity index (χ3n) is 5.42. The molecule has 1 heterocycles. The van der Waals surface area contributed by atoms with E-state index in [1.807, 2.05) is 0 Å². The van der Waals surface area contributed by atoms with Crippen LogP contribution in [0.4, 0.5) is 0 Å². The maximum atomic E-state index is 12.7. The number of piperidine rings is 1. The summed E-state index contributed by atoms with van der Waals surface area (Å²) in [5.41, 5.74) is 0. The smallest absolute Gasteiger partial charge is 0.208 e. The van der Waals surface area contributed by atoms with Crippen LogP contribution in [0.2, 0.25) is 0 Å². The van der Waals surface area contributed by atoms with Gasteiger partial charge in [0, 0.05) is 19.1 Å². The lowest BCUT2D eigenvalue weighted by atomic mass is 9.88. The van der Waals surface area contributed by atoms with Crippen LogP contribution in [0.15, 0.2) is 34.1 Å². The summed E-state index contributed by atoms with van der Waals surface area (Å²) >= 11 is 0. The van der Waals surface area contributed by atoms with Crippen LogP contribution < -0.4 is 4.72 Å². The normalized spacial score (nSPS) is 25.9. The van der Waals surface area contributed by atoms with Gasteiger partial charge >= 0.3 is 0 Å². The molecule has 26 heavy (non-hydrogen) atoms. The molecule has 1 saturated heterocycles. The molecule has 2 fully saturated rings. The summed E-state index contributed by atoms with van der Waals surface area (Å²) in [6.45, 7) is 3.25. The van der Waals surface area contributed by atoms with Crippen molar-refractivity contribution in [2.24, 2.45) is 5.92 Å². The van der Waals surface area contributed by atoms with E-state index in [2.05, 4.69) is 11.6 Å². The predicted molar refractivity (Wildman–Crippen MR) is 101 cm³/mol. The molecule has 0 aromatic heterocycles. The van der Waals surface area contributed by atoms with Crippen molar-refractivity contribution in [2.45, 2.75) is 67.7 Å². The summed E-state index contributed by atoms with van der Waals surface area (Å²) in [7, 11) is -7.16. The molecule has 1 saturated carbocycles. The number of benzene rings is 1. The van der Waals surface area contributed by atoms with Gasteiger partial charge in [-0.15, -0.1) is 0 Å². The second-order valence-electron chi connectivity index (χ2n) is 7.51. The zero-order chi connectivity index (χ0) is 18.8. The minimum Gasteiger partial charge on any atom is -0.208 e. The molecule has 0 unspecified atom stereocenters. The SMILES string of the molecule is CC1CCC(NS(=O)(=O)c2ccc(S(=O)(=O)N3CCCCC3)cc2)CC1. The average molecular weight is 401 g/mol. The summed E-state index contributed by atoms with van der Waals surface area (Å²) in [4.78, 5) is 0.276. The van der Waals surface area contributed by atoms with E-state index in [0.29, 0.717) is 19.0 Å². The van der Waals surface area contributed by atoms with Gasteiger partial charge in [0.2, 0.25) is 20.0 Å². The van der Waals surface area contributed by atoms with Crippen molar-refractivity contribution in [1.29, 1.82) is 0 Å². The Labute approximate surface area is 157 Å². The van der Waals surface area contributed by atoms with Gasteiger partial charge in [0.05, 0.1) is 9.79 Å². The fourth-order valence-corrected chi connectivity index (χ4v) is 6.53. The Morgan fingerprint density at radius 3 is 1.96 bits per heavy atom. The molecule has 1 N–H and O–H groups in total. The van der Waals surface area contributed by atoms with Crippen LogP contribution in [0.25, 0.3) is 0 Å². The van der Waals surface area contributed by atoms with Crippen molar-refractivity contribution in [1.82, 2.24) is 9.03 Å². The Kier molecular flexibility index (Phi) is 6.06. The highest BCUT2D eigenvalue weighted by atomic mass is 32.2. The molecule has 146 valence electrons. The highest BCUT2D eigenvalue weighted by Gasteiger charge is 2.27. The molecule has 1 aromatic rings. The molecule has 2 aliphatic rings. The van der Waals surface area contributed by atoms with Gasteiger partial charge in [-0.05, 0) is 68.7 Å². The summed E-state index contributed by atoms with van der Waals surface area (Å²) in [6.07, 6.45) is 6.55. The first kappa shape index (κ1) is 19.8. The molecule has 1 aromatic carbocycles. The lowest BCUT2D eigenvalue weighted by Gasteiger charge is -2.27. The molecule has 1 aliphatic carbocycles. The lowest BCUT2D eigenvalue weighted by molar-refractivity contribution is 0.332. The number of hydrogen-bond acceptors (Lipinski definition) is 4. The van der Waals surface area contributed by atoms with Crippen molar-refractivity contribution in [3.8, 4) is 0 Å². The molecule has 0 radical (unpaired) electrons. The molecule has 0 spiro atoms. The Balaban J connectivity index is 1.72. The average Bonchev–Trinajstić information content (AvgIpc) is 2.64. The first-order valence-electron chi connectivity index (χ1n) is 9.41. The predicted octanol–water partition coefficient (Wildman–Crippen LogP) is 2.72. The first-order valence-corrected chi connectivity index (χ1v) is 12.3. The number of nitrogens with zero attached hydrogens (tertiary/aromatic N) is 1. The Hall–Kier alpha value is -0.960.